The highest BCUT2D eigenvalue weighted by Crippen LogP contribution is 2.61. The van der Waals surface area contributed by atoms with Crippen LogP contribution in [0.2, 0.25) is 0 Å². The Balaban J connectivity index is 2.00. The monoisotopic (exact) mass is 344 g/mol. The summed E-state index contributed by atoms with van der Waals surface area (Å²) in [4.78, 5) is 0. The van der Waals surface area contributed by atoms with Crippen molar-refractivity contribution in [3.63, 3.8) is 0 Å². The van der Waals surface area contributed by atoms with E-state index >= 15 is 0 Å². The van der Waals surface area contributed by atoms with Crippen LogP contribution in [0.5, 0.6) is 0 Å². The van der Waals surface area contributed by atoms with Crippen LogP contribution in [0.3, 0.4) is 0 Å². The molecule has 0 aromatic heterocycles. The number of fused-ring (bicyclic) bond motifs is 2. The van der Waals surface area contributed by atoms with Crippen molar-refractivity contribution in [1.82, 2.24) is 0 Å². The molecule has 0 aliphatic heterocycles. The molecule has 0 spiro atoms. The Kier molecular flexibility index (Phi) is 3.27. The van der Waals surface area contributed by atoms with E-state index in [1.54, 1.807) is 0 Å². The molecule has 1 aromatic rings. The van der Waals surface area contributed by atoms with Gasteiger partial charge in [0, 0.05) is 11.8 Å². The fourth-order valence-corrected chi connectivity index (χ4v) is 6.72. The zero-order valence-electron chi connectivity index (χ0n) is 10.5. The molecule has 0 amide bonds. The van der Waals surface area contributed by atoms with Gasteiger partial charge in [-0.1, -0.05) is 52.7 Å². The number of benzene rings is 1. The molecule has 2 fully saturated rings. The van der Waals surface area contributed by atoms with Crippen molar-refractivity contribution in [3.8, 4) is 0 Å². The molecular weight excluding hydrogens is 328 g/mol. The van der Waals surface area contributed by atoms with Crippen LogP contribution in [0.4, 0.5) is 0 Å². The second-order valence-corrected chi connectivity index (χ2v) is 9.03. The van der Waals surface area contributed by atoms with Gasteiger partial charge in [0.15, 0.2) is 9.84 Å². The lowest BCUT2D eigenvalue weighted by molar-refractivity contribution is -0.180. The molecule has 2 bridgehead atoms. The Morgan fingerprint density at radius 3 is 2.32 bits per heavy atom. The quantitative estimate of drug-likeness (QED) is 0.856. The van der Waals surface area contributed by atoms with Gasteiger partial charge in [-0.05, 0) is 18.4 Å². The predicted molar refractivity (Wildman–Crippen MR) is 77.7 cm³/mol. The van der Waals surface area contributed by atoms with Crippen molar-refractivity contribution in [2.24, 2.45) is 11.8 Å². The van der Waals surface area contributed by atoms with Gasteiger partial charge < -0.3 is 5.11 Å². The van der Waals surface area contributed by atoms with Crippen molar-refractivity contribution < 1.29 is 13.5 Å². The Morgan fingerprint density at radius 1 is 1.21 bits per heavy atom. The zero-order valence-corrected chi connectivity index (χ0v) is 12.9. The lowest BCUT2D eigenvalue weighted by Crippen LogP contribution is -2.68. The van der Waals surface area contributed by atoms with E-state index in [-0.39, 0.29) is 21.7 Å². The van der Waals surface area contributed by atoms with E-state index in [1.165, 1.54) is 0 Å². The molecule has 19 heavy (non-hydrogen) atoms. The van der Waals surface area contributed by atoms with Crippen LogP contribution in [0, 0.1) is 11.8 Å². The van der Waals surface area contributed by atoms with Crippen molar-refractivity contribution >= 4 is 25.8 Å². The highest BCUT2D eigenvalue weighted by Gasteiger charge is 2.67. The SMILES string of the molecule is O=S(=O)(CBr)C1[C@H]2CCC[C@@H]1C2(O)c1ccccc1. The van der Waals surface area contributed by atoms with E-state index in [2.05, 4.69) is 15.9 Å². The molecule has 3 nitrogen and oxygen atoms in total. The fourth-order valence-electron chi connectivity index (χ4n) is 3.97. The molecular formula is C14H17BrO3S. The van der Waals surface area contributed by atoms with Gasteiger partial charge in [0.25, 0.3) is 0 Å². The summed E-state index contributed by atoms with van der Waals surface area (Å²) in [6.07, 6.45) is 2.59. The van der Waals surface area contributed by atoms with Gasteiger partial charge in [-0.2, -0.15) is 0 Å². The second-order valence-electron chi connectivity index (χ2n) is 5.57. The first-order chi connectivity index (χ1) is 9.02. The first-order valence-corrected chi connectivity index (χ1v) is 9.41. The summed E-state index contributed by atoms with van der Waals surface area (Å²) in [5.74, 6) is -0.313. The molecule has 0 saturated heterocycles. The molecule has 1 aromatic carbocycles. The summed E-state index contributed by atoms with van der Waals surface area (Å²) < 4.78 is 24.3. The first-order valence-electron chi connectivity index (χ1n) is 6.57. The van der Waals surface area contributed by atoms with E-state index in [4.69, 9.17) is 0 Å². The zero-order chi connectivity index (χ0) is 13.7. The molecule has 3 rings (SSSR count). The average molecular weight is 345 g/mol. The van der Waals surface area contributed by atoms with E-state index < -0.39 is 15.4 Å². The van der Waals surface area contributed by atoms with Crippen molar-refractivity contribution in [2.45, 2.75) is 30.1 Å². The summed E-state index contributed by atoms with van der Waals surface area (Å²) >= 11 is 3.08. The van der Waals surface area contributed by atoms with E-state index in [1.807, 2.05) is 30.3 Å². The number of hydrogen-bond acceptors (Lipinski definition) is 3. The van der Waals surface area contributed by atoms with Crippen molar-refractivity contribution in [1.29, 1.82) is 0 Å². The van der Waals surface area contributed by atoms with Crippen LogP contribution in [0.25, 0.3) is 0 Å². The Labute approximate surface area is 122 Å². The fraction of sp³-hybridized carbons (Fsp3) is 0.571. The molecule has 2 unspecified atom stereocenters. The lowest BCUT2D eigenvalue weighted by atomic mass is 9.51. The van der Waals surface area contributed by atoms with Crippen molar-refractivity contribution in [3.05, 3.63) is 35.9 Å². The summed E-state index contributed by atoms with van der Waals surface area (Å²) in [6.45, 7) is 0. The third-order valence-corrected chi connectivity index (χ3v) is 8.46. The Bertz CT molecular complexity index is 558. The number of alkyl halides is 1. The highest BCUT2D eigenvalue weighted by atomic mass is 79.9. The number of halogens is 1. The minimum atomic E-state index is -3.14. The predicted octanol–water partition coefficient (Wildman–Crippen LogP) is 2.44. The molecule has 0 radical (unpaired) electrons. The molecule has 4 atom stereocenters. The molecule has 0 heterocycles. The minimum Gasteiger partial charge on any atom is -0.384 e. The van der Waals surface area contributed by atoms with Gasteiger partial charge >= 0.3 is 0 Å². The Morgan fingerprint density at radius 2 is 1.79 bits per heavy atom. The molecule has 2 aliphatic carbocycles. The lowest BCUT2D eigenvalue weighted by Gasteiger charge is -2.61. The van der Waals surface area contributed by atoms with Crippen LogP contribution in [0.15, 0.2) is 30.3 Å². The standard InChI is InChI=1S/C14H17BrO3S/c15-9-19(17,18)13-11-7-4-8-12(13)14(11,16)10-5-2-1-3-6-10/h1-3,5-6,11-13,16H,4,7-9H2/t11-,12+,13?,14?. The normalized spacial score (nSPS) is 37.7. The maximum atomic E-state index is 12.2. The summed E-state index contributed by atoms with van der Waals surface area (Å²) in [6, 6.07) is 9.52. The van der Waals surface area contributed by atoms with Crippen LogP contribution < -0.4 is 0 Å². The summed E-state index contributed by atoms with van der Waals surface area (Å²) in [7, 11) is -3.14. The number of aliphatic hydroxyl groups is 1. The molecule has 1 N–H and O–H groups in total. The molecule has 2 saturated carbocycles. The summed E-state index contributed by atoms with van der Waals surface area (Å²) in [5.41, 5.74) is -0.0786. The minimum absolute atomic E-state index is 0.0114. The first kappa shape index (κ1) is 13.6. The van der Waals surface area contributed by atoms with Crippen LogP contribution in [-0.4, -0.2) is 23.4 Å². The van der Waals surface area contributed by atoms with Gasteiger partial charge in [0.05, 0.1) is 10.9 Å². The highest BCUT2D eigenvalue weighted by molar-refractivity contribution is 9.10. The molecule has 5 heteroatoms. The van der Waals surface area contributed by atoms with Gasteiger partial charge in [-0.15, -0.1) is 0 Å². The van der Waals surface area contributed by atoms with Crippen LogP contribution >= 0.6 is 15.9 Å². The Hall–Kier alpha value is -0.390. The van der Waals surface area contributed by atoms with Gasteiger partial charge in [0.2, 0.25) is 0 Å². The largest absolute Gasteiger partial charge is 0.384 e. The maximum Gasteiger partial charge on any atom is 0.163 e. The van der Waals surface area contributed by atoms with Crippen LogP contribution in [0.1, 0.15) is 24.8 Å². The topological polar surface area (TPSA) is 54.4 Å². The molecule has 2 aliphatic rings. The van der Waals surface area contributed by atoms with Gasteiger partial charge in [-0.25, -0.2) is 8.42 Å². The maximum absolute atomic E-state index is 12.2. The number of sulfone groups is 1. The van der Waals surface area contributed by atoms with E-state index in [0.717, 1.165) is 24.8 Å². The average Bonchev–Trinajstić information content (AvgIpc) is 2.46. The smallest absolute Gasteiger partial charge is 0.163 e. The van der Waals surface area contributed by atoms with Gasteiger partial charge in [0.1, 0.15) is 4.66 Å². The van der Waals surface area contributed by atoms with E-state index in [0.29, 0.717) is 0 Å². The number of rotatable bonds is 3. The van der Waals surface area contributed by atoms with Crippen LogP contribution in [-0.2, 0) is 15.4 Å². The van der Waals surface area contributed by atoms with E-state index in [9.17, 15) is 13.5 Å². The number of hydrogen-bond donors (Lipinski definition) is 1. The molecule has 104 valence electrons. The van der Waals surface area contributed by atoms with Gasteiger partial charge in [-0.3, -0.25) is 0 Å². The third-order valence-electron chi connectivity index (χ3n) is 4.76. The third kappa shape index (κ3) is 1.82. The van der Waals surface area contributed by atoms with Crippen molar-refractivity contribution in [2.75, 3.05) is 4.66 Å². The summed E-state index contributed by atoms with van der Waals surface area (Å²) in [5, 5.41) is 10.6. The second kappa shape index (κ2) is 4.57.